The topological polar surface area (TPSA) is 82.1 Å². The maximum absolute atomic E-state index is 12.5. The predicted molar refractivity (Wildman–Crippen MR) is 123 cm³/mol. The normalized spacial score (nSPS) is 14.8. The van der Waals surface area contributed by atoms with Crippen molar-refractivity contribution in [3.63, 3.8) is 0 Å². The average Bonchev–Trinajstić information content (AvgIpc) is 3.01. The van der Waals surface area contributed by atoms with E-state index < -0.39 is 23.7 Å². The van der Waals surface area contributed by atoms with Crippen molar-refractivity contribution >= 4 is 58.2 Å². The van der Waals surface area contributed by atoms with Crippen LogP contribution in [-0.2, 0) is 20.9 Å². The van der Waals surface area contributed by atoms with Gasteiger partial charge in [-0.1, -0.05) is 41.4 Å². The van der Waals surface area contributed by atoms with Crippen molar-refractivity contribution in [1.82, 2.24) is 4.90 Å². The fourth-order valence-corrected chi connectivity index (χ4v) is 4.12. The molecule has 0 aliphatic carbocycles. The zero-order chi connectivity index (χ0) is 23.3. The zero-order valence-corrected chi connectivity index (χ0v) is 19.6. The van der Waals surface area contributed by atoms with Gasteiger partial charge in [-0.25, -0.2) is 0 Å². The molecule has 1 aliphatic rings. The number of hydrogen-bond acceptors (Lipinski definition) is 7. The molecule has 1 saturated heterocycles. The molecule has 0 aromatic heterocycles. The minimum atomic E-state index is -0.685. The number of hydrogen-bond donors (Lipinski definition) is 0. The largest absolute Gasteiger partial charge is 0.490 e. The minimum Gasteiger partial charge on any atom is -0.490 e. The molecule has 0 saturated carbocycles. The lowest BCUT2D eigenvalue weighted by molar-refractivity contribution is -0.143. The van der Waals surface area contributed by atoms with Crippen LogP contribution in [0.5, 0.6) is 11.5 Å². The highest BCUT2D eigenvalue weighted by Crippen LogP contribution is 2.39. The molecule has 168 valence electrons. The summed E-state index contributed by atoms with van der Waals surface area (Å²) in [5, 5.41) is 0.284. The van der Waals surface area contributed by atoms with Crippen molar-refractivity contribution in [1.29, 1.82) is 0 Å². The van der Waals surface area contributed by atoms with Crippen LogP contribution in [0.3, 0.4) is 0 Å². The van der Waals surface area contributed by atoms with Gasteiger partial charge in [0.1, 0.15) is 13.2 Å². The van der Waals surface area contributed by atoms with Gasteiger partial charge in [0, 0.05) is 10.6 Å². The molecule has 10 heteroatoms. The van der Waals surface area contributed by atoms with Gasteiger partial charge in [0.15, 0.2) is 11.5 Å². The van der Waals surface area contributed by atoms with E-state index >= 15 is 0 Å². The van der Waals surface area contributed by atoms with Gasteiger partial charge < -0.3 is 14.2 Å². The van der Waals surface area contributed by atoms with Crippen molar-refractivity contribution in [2.24, 2.45) is 0 Å². The van der Waals surface area contributed by atoms with E-state index in [4.69, 9.17) is 32.7 Å². The summed E-state index contributed by atoms with van der Waals surface area (Å²) in [5.41, 5.74) is 1.32. The van der Waals surface area contributed by atoms with E-state index in [0.717, 1.165) is 22.2 Å². The highest BCUT2D eigenvalue weighted by molar-refractivity contribution is 8.18. The lowest BCUT2D eigenvalue weighted by atomic mass is 10.1. The molecular weight excluding hydrogens is 477 g/mol. The summed E-state index contributed by atoms with van der Waals surface area (Å²) in [6.45, 7) is 1.91. The first-order valence-electron chi connectivity index (χ1n) is 9.48. The van der Waals surface area contributed by atoms with Gasteiger partial charge in [-0.05, 0) is 48.5 Å². The third kappa shape index (κ3) is 5.56. The molecule has 0 spiro atoms. The second-order valence-electron chi connectivity index (χ2n) is 6.49. The second kappa shape index (κ2) is 10.8. The molecule has 2 aromatic rings. The van der Waals surface area contributed by atoms with Crippen LogP contribution in [0.15, 0.2) is 41.3 Å². The number of esters is 1. The first kappa shape index (κ1) is 24.0. The first-order valence-corrected chi connectivity index (χ1v) is 11.1. The van der Waals surface area contributed by atoms with Crippen LogP contribution in [0.25, 0.3) is 6.08 Å². The Morgan fingerprint density at radius 1 is 1.12 bits per heavy atom. The highest BCUT2D eigenvalue weighted by atomic mass is 35.5. The molecule has 0 bridgehead atoms. The van der Waals surface area contributed by atoms with Gasteiger partial charge in [-0.3, -0.25) is 19.3 Å². The van der Waals surface area contributed by atoms with Crippen LogP contribution >= 0.6 is 35.0 Å². The monoisotopic (exact) mass is 495 g/mol. The number of halogens is 2. The maximum Gasteiger partial charge on any atom is 0.325 e. The van der Waals surface area contributed by atoms with Gasteiger partial charge in [0.2, 0.25) is 0 Å². The molecule has 0 radical (unpaired) electrons. The van der Waals surface area contributed by atoms with Crippen LogP contribution in [0, 0.1) is 0 Å². The number of ether oxygens (including phenoxy) is 3. The summed E-state index contributed by atoms with van der Waals surface area (Å²) in [6.07, 6.45) is 1.51. The van der Waals surface area contributed by atoms with Gasteiger partial charge in [-0.2, -0.15) is 0 Å². The molecule has 0 unspecified atom stereocenters. The number of carbonyl (C=O) groups is 3. The van der Waals surface area contributed by atoms with Crippen molar-refractivity contribution in [3.8, 4) is 11.5 Å². The summed E-state index contributed by atoms with van der Waals surface area (Å²) in [4.78, 5) is 37.1. The van der Waals surface area contributed by atoms with Crippen LogP contribution in [0.4, 0.5) is 4.79 Å². The lowest BCUT2D eigenvalue weighted by Crippen LogP contribution is -2.34. The van der Waals surface area contributed by atoms with E-state index in [0.29, 0.717) is 28.7 Å². The van der Waals surface area contributed by atoms with Crippen LogP contribution < -0.4 is 9.47 Å². The second-order valence-corrected chi connectivity index (χ2v) is 8.29. The van der Waals surface area contributed by atoms with Crippen LogP contribution in [0.2, 0.25) is 10.0 Å². The number of carbonyl (C=O) groups excluding carboxylic acids is 3. The number of nitrogens with zero attached hydrogens (tertiary/aromatic N) is 1. The van der Waals surface area contributed by atoms with E-state index in [9.17, 15) is 14.4 Å². The van der Waals surface area contributed by atoms with Gasteiger partial charge in [-0.15, -0.1) is 0 Å². The molecule has 2 amide bonds. The van der Waals surface area contributed by atoms with Crippen LogP contribution in [-0.4, -0.2) is 42.3 Å². The standard InChI is InChI=1S/C22H19Cl2NO6S/c1-3-30-17-9-13(10-18-21(27)25(22(28)32-18)11-19(26)29-2)8-16(24)20(17)31-12-14-6-4-5-7-15(14)23/h4-10H,3,11-12H2,1-2H3/b18-10-. The summed E-state index contributed by atoms with van der Waals surface area (Å²) in [5.74, 6) is -0.551. The lowest BCUT2D eigenvalue weighted by Gasteiger charge is -2.15. The molecule has 1 heterocycles. The molecular formula is C22H19Cl2NO6S. The van der Waals surface area contributed by atoms with E-state index in [1.165, 1.54) is 13.2 Å². The number of imide groups is 1. The van der Waals surface area contributed by atoms with Crippen molar-refractivity contribution < 1.29 is 28.6 Å². The Kier molecular flexibility index (Phi) is 8.06. The van der Waals surface area contributed by atoms with Crippen molar-refractivity contribution in [2.45, 2.75) is 13.5 Å². The Labute approximate surface area is 199 Å². The van der Waals surface area contributed by atoms with E-state index in [-0.39, 0.29) is 16.5 Å². The van der Waals surface area contributed by atoms with E-state index in [2.05, 4.69) is 4.74 Å². The van der Waals surface area contributed by atoms with Crippen molar-refractivity contribution in [2.75, 3.05) is 20.3 Å². The van der Waals surface area contributed by atoms with Gasteiger partial charge in [0.05, 0.1) is 23.6 Å². The van der Waals surface area contributed by atoms with Crippen LogP contribution in [0.1, 0.15) is 18.1 Å². The summed E-state index contributed by atoms with van der Waals surface area (Å²) < 4.78 is 16.1. The molecule has 1 fully saturated rings. The minimum absolute atomic E-state index is 0.155. The average molecular weight is 496 g/mol. The number of methoxy groups -OCH3 is 1. The van der Waals surface area contributed by atoms with Gasteiger partial charge >= 0.3 is 5.97 Å². The Hall–Kier alpha value is -2.68. The molecule has 0 atom stereocenters. The smallest absolute Gasteiger partial charge is 0.325 e. The van der Waals surface area contributed by atoms with E-state index in [1.54, 1.807) is 18.2 Å². The fourth-order valence-electron chi connectivity index (χ4n) is 2.82. The quantitative estimate of drug-likeness (QED) is 0.368. The maximum atomic E-state index is 12.5. The molecule has 7 nitrogen and oxygen atoms in total. The Morgan fingerprint density at radius 2 is 1.88 bits per heavy atom. The summed E-state index contributed by atoms with van der Waals surface area (Å²) in [6, 6.07) is 10.5. The molecule has 1 aliphatic heterocycles. The summed E-state index contributed by atoms with van der Waals surface area (Å²) >= 11 is 13.4. The Balaban J connectivity index is 1.85. The third-order valence-electron chi connectivity index (χ3n) is 4.35. The predicted octanol–water partition coefficient (Wildman–Crippen LogP) is 5.18. The van der Waals surface area contributed by atoms with E-state index in [1.807, 2.05) is 25.1 Å². The van der Waals surface area contributed by atoms with Crippen molar-refractivity contribution in [3.05, 3.63) is 62.5 Å². The number of rotatable bonds is 8. The number of thioether (sulfide) groups is 1. The number of amides is 2. The fraction of sp³-hybridized carbons (Fsp3) is 0.227. The number of benzene rings is 2. The molecule has 3 rings (SSSR count). The SMILES string of the molecule is CCOc1cc(/C=C2\SC(=O)N(CC(=O)OC)C2=O)cc(Cl)c1OCc1ccccc1Cl. The third-order valence-corrected chi connectivity index (χ3v) is 5.90. The Morgan fingerprint density at radius 3 is 2.56 bits per heavy atom. The highest BCUT2D eigenvalue weighted by Gasteiger charge is 2.36. The zero-order valence-electron chi connectivity index (χ0n) is 17.2. The first-order chi connectivity index (χ1) is 15.3. The molecule has 2 aromatic carbocycles. The summed E-state index contributed by atoms with van der Waals surface area (Å²) in [7, 11) is 1.18. The molecule has 32 heavy (non-hydrogen) atoms. The Bertz CT molecular complexity index is 1090. The molecule has 0 N–H and O–H groups in total. The van der Waals surface area contributed by atoms with Gasteiger partial charge in [0.25, 0.3) is 11.1 Å².